The fourth-order valence-corrected chi connectivity index (χ4v) is 1.75. The van der Waals surface area contributed by atoms with Crippen molar-refractivity contribution in [3.63, 3.8) is 0 Å². The average molecular weight is 266 g/mol. The topological polar surface area (TPSA) is 91.8 Å². The number of amides is 1. The minimum absolute atomic E-state index is 0.262. The average Bonchev–Trinajstić information content (AvgIpc) is 2.44. The molecule has 0 spiro atoms. The van der Waals surface area contributed by atoms with E-state index in [9.17, 15) is 4.79 Å². The van der Waals surface area contributed by atoms with Crippen LogP contribution in [0.1, 0.15) is 27.2 Å². The number of carbonyl (C=O) groups is 1. The maximum atomic E-state index is 12.1. The summed E-state index contributed by atoms with van der Waals surface area (Å²) in [4.78, 5) is 16.0. The number of rotatable bonds is 2. The molecule has 5 nitrogen and oxygen atoms in total. The van der Waals surface area contributed by atoms with Gasteiger partial charge in [-0.3, -0.25) is 4.79 Å². The molecule has 0 aliphatic heterocycles. The van der Waals surface area contributed by atoms with Gasteiger partial charge in [-0.1, -0.05) is 0 Å². The number of carbonyl (C=O) groups excluding carboxylic acids is 1. The minimum atomic E-state index is -0.318. The van der Waals surface area contributed by atoms with Crippen LogP contribution in [0.25, 0.3) is 0 Å². The SMILES string of the molecule is Cc1cc(NC(=O)c2ccc(C#N)cn2)c(C)cc1N. The van der Waals surface area contributed by atoms with E-state index in [0.717, 1.165) is 11.1 Å². The molecule has 5 heteroatoms. The summed E-state index contributed by atoms with van der Waals surface area (Å²) in [5.41, 5.74) is 9.67. The van der Waals surface area contributed by atoms with Crippen molar-refractivity contribution >= 4 is 17.3 Å². The number of benzene rings is 1. The molecule has 20 heavy (non-hydrogen) atoms. The Morgan fingerprint density at radius 1 is 1.30 bits per heavy atom. The van der Waals surface area contributed by atoms with Crippen LogP contribution in [0.2, 0.25) is 0 Å². The third-order valence-electron chi connectivity index (χ3n) is 2.99. The maximum Gasteiger partial charge on any atom is 0.274 e. The molecule has 3 N–H and O–H groups in total. The van der Waals surface area contributed by atoms with Crippen molar-refractivity contribution in [2.24, 2.45) is 0 Å². The molecule has 0 aliphatic carbocycles. The van der Waals surface area contributed by atoms with Gasteiger partial charge in [-0.15, -0.1) is 0 Å². The number of nitrogen functional groups attached to an aromatic ring is 1. The van der Waals surface area contributed by atoms with Crippen LogP contribution in [-0.2, 0) is 0 Å². The quantitative estimate of drug-likeness (QED) is 0.816. The van der Waals surface area contributed by atoms with Gasteiger partial charge in [-0.2, -0.15) is 5.26 Å². The smallest absolute Gasteiger partial charge is 0.274 e. The number of nitrogens with two attached hydrogens (primary N) is 1. The van der Waals surface area contributed by atoms with E-state index < -0.39 is 0 Å². The second kappa shape index (κ2) is 5.41. The summed E-state index contributed by atoms with van der Waals surface area (Å²) >= 11 is 0. The van der Waals surface area contributed by atoms with Crippen molar-refractivity contribution in [2.45, 2.75) is 13.8 Å². The zero-order valence-corrected chi connectivity index (χ0v) is 11.3. The summed E-state index contributed by atoms with van der Waals surface area (Å²) in [6, 6.07) is 8.68. The van der Waals surface area contributed by atoms with Crippen molar-refractivity contribution in [2.75, 3.05) is 11.1 Å². The van der Waals surface area contributed by atoms with E-state index in [2.05, 4.69) is 10.3 Å². The third kappa shape index (κ3) is 2.75. The predicted octanol–water partition coefficient (Wildman–Crippen LogP) is 2.40. The Morgan fingerprint density at radius 2 is 2.05 bits per heavy atom. The van der Waals surface area contributed by atoms with E-state index in [1.165, 1.54) is 12.3 Å². The summed E-state index contributed by atoms with van der Waals surface area (Å²) in [5, 5.41) is 11.5. The Bertz CT molecular complexity index is 699. The van der Waals surface area contributed by atoms with Crippen LogP contribution < -0.4 is 11.1 Å². The molecular weight excluding hydrogens is 252 g/mol. The van der Waals surface area contributed by atoms with Crippen molar-refractivity contribution in [3.8, 4) is 6.07 Å². The van der Waals surface area contributed by atoms with Crippen LogP contribution in [0.15, 0.2) is 30.5 Å². The predicted molar refractivity (Wildman–Crippen MR) is 77.2 cm³/mol. The Balaban J connectivity index is 2.23. The molecule has 0 fully saturated rings. The van der Waals surface area contributed by atoms with Crippen LogP contribution in [0.4, 0.5) is 11.4 Å². The fourth-order valence-electron chi connectivity index (χ4n) is 1.75. The Kier molecular flexibility index (Phi) is 3.67. The largest absolute Gasteiger partial charge is 0.399 e. The van der Waals surface area contributed by atoms with Crippen LogP contribution in [0.5, 0.6) is 0 Å². The summed E-state index contributed by atoms with van der Waals surface area (Å²) in [5.74, 6) is -0.318. The van der Waals surface area contributed by atoms with Gasteiger partial charge in [-0.05, 0) is 49.2 Å². The molecule has 0 radical (unpaired) electrons. The minimum Gasteiger partial charge on any atom is -0.399 e. The van der Waals surface area contributed by atoms with E-state index in [0.29, 0.717) is 16.9 Å². The number of nitriles is 1. The first-order valence-electron chi connectivity index (χ1n) is 6.05. The van der Waals surface area contributed by atoms with Gasteiger partial charge < -0.3 is 11.1 Å². The number of pyridine rings is 1. The highest BCUT2D eigenvalue weighted by Crippen LogP contribution is 2.22. The lowest BCUT2D eigenvalue weighted by atomic mass is 10.1. The molecule has 1 aromatic heterocycles. The van der Waals surface area contributed by atoms with E-state index >= 15 is 0 Å². The number of hydrogen-bond donors (Lipinski definition) is 2. The van der Waals surface area contributed by atoms with Crippen LogP contribution in [0.3, 0.4) is 0 Å². The second-order valence-corrected chi connectivity index (χ2v) is 4.52. The number of hydrogen-bond acceptors (Lipinski definition) is 4. The molecule has 100 valence electrons. The Hall–Kier alpha value is -2.87. The van der Waals surface area contributed by atoms with Crippen molar-refractivity contribution < 1.29 is 4.79 Å². The van der Waals surface area contributed by atoms with E-state index in [1.807, 2.05) is 32.0 Å². The van der Waals surface area contributed by atoms with Crippen LogP contribution in [0, 0.1) is 25.2 Å². The Morgan fingerprint density at radius 3 is 2.65 bits per heavy atom. The molecule has 0 aliphatic rings. The molecule has 1 aromatic carbocycles. The normalized spacial score (nSPS) is 9.85. The first-order valence-corrected chi connectivity index (χ1v) is 6.05. The molecule has 2 rings (SSSR count). The molecule has 1 heterocycles. The highest BCUT2D eigenvalue weighted by Gasteiger charge is 2.10. The fraction of sp³-hybridized carbons (Fsp3) is 0.133. The number of nitrogens with zero attached hydrogens (tertiary/aromatic N) is 2. The van der Waals surface area contributed by atoms with Crippen molar-refractivity contribution in [1.29, 1.82) is 5.26 Å². The summed E-state index contributed by atoms with van der Waals surface area (Å²) in [6.45, 7) is 3.75. The standard InChI is InChI=1S/C15H14N4O/c1-9-6-14(10(2)5-12(9)17)19-15(20)13-4-3-11(7-16)8-18-13/h3-6,8H,17H2,1-2H3,(H,19,20). The van der Waals surface area contributed by atoms with Crippen molar-refractivity contribution in [3.05, 3.63) is 52.8 Å². The zero-order valence-electron chi connectivity index (χ0n) is 11.3. The highest BCUT2D eigenvalue weighted by molar-refractivity contribution is 6.03. The van der Waals surface area contributed by atoms with Crippen LogP contribution in [-0.4, -0.2) is 10.9 Å². The third-order valence-corrected chi connectivity index (χ3v) is 2.99. The molecule has 0 atom stereocenters. The van der Waals surface area contributed by atoms with Gasteiger partial charge in [-0.25, -0.2) is 4.98 Å². The maximum absolute atomic E-state index is 12.1. The van der Waals surface area contributed by atoms with Gasteiger partial charge in [0.2, 0.25) is 0 Å². The van der Waals surface area contributed by atoms with Gasteiger partial charge in [0.1, 0.15) is 11.8 Å². The molecule has 0 unspecified atom stereocenters. The lowest BCUT2D eigenvalue weighted by Gasteiger charge is -2.11. The van der Waals surface area contributed by atoms with Gasteiger partial charge in [0.15, 0.2) is 0 Å². The van der Waals surface area contributed by atoms with E-state index in [4.69, 9.17) is 11.0 Å². The van der Waals surface area contributed by atoms with Crippen molar-refractivity contribution in [1.82, 2.24) is 4.98 Å². The lowest BCUT2D eigenvalue weighted by Crippen LogP contribution is -2.14. The number of aryl methyl sites for hydroxylation is 2. The lowest BCUT2D eigenvalue weighted by molar-refractivity contribution is 0.102. The summed E-state index contributed by atoms with van der Waals surface area (Å²) < 4.78 is 0. The summed E-state index contributed by atoms with van der Waals surface area (Å²) in [7, 11) is 0. The molecule has 1 amide bonds. The molecular formula is C15H14N4O. The number of anilines is 2. The van der Waals surface area contributed by atoms with Gasteiger partial charge in [0.05, 0.1) is 5.56 Å². The molecule has 0 bridgehead atoms. The molecule has 0 saturated carbocycles. The van der Waals surface area contributed by atoms with Crippen LogP contribution >= 0.6 is 0 Å². The van der Waals surface area contributed by atoms with E-state index in [1.54, 1.807) is 6.07 Å². The molecule has 2 aromatic rings. The Labute approximate surface area is 117 Å². The van der Waals surface area contributed by atoms with Gasteiger partial charge in [0, 0.05) is 17.6 Å². The number of aromatic nitrogens is 1. The number of nitrogens with one attached hydrogen (secondary N) is 1. The monoisotopic (exact) mass is 266 g/mol. The highest BCUT2D eigenvalue weighted by atomic mass is 16.1. The molecule has 0 saturated heterocycles. The van der Waals surface area contributed by atoms with Gasteiger partial charge in [0.25, 0.3) is 5.91 Å². The first-order chi connectivity index (χ1) is 9.51. The second-order valence-electron chi connectivity index (χ2n) is 4.52. The van der Waals surface area contributed by atoms with E-state index in [-0.39, 0.29) is 11.6 Å². The zero-order chi connectivity index (χ0) is 14.7. The summed E-state index contributed by atoms with van der Waals surface area (Å²) in [6.07, 6.45) is 1.37. The first kappa shape index (κ1) is 13.6. The van der Waals surface area contributed by atoms with Gasteiger partial charge >= 0.3 is 0 Å².